The highest BCUT2D eigenvalue weighted by Crippen LogP contribution is 2.35. The molecule has 1 fully saturated rings. The third kappa shape index (κ3) is 3.67. The van der Waals surface area contributed by atoms with Gasteiger partial charge in [-0.25, -0.2) is 14.8 Å². The number of Topliss-reactive ketones (excluding diaryl/α,β-unsaturated/α-hetero) is 1. The number of carbonyl (C=O) groups is 2. The van der Waals surface area contributed by atoms with Gasteiger partial charge in [-0.05, 0) is 19.3 Å². The summed E-state index contributed by atoms with van der Waals surface area (Å²) in [6.07, 6.45) is 3.56. The van der Waals surface area contributed by atoms with Crippen LogP contribution in [0.15, 0.2) is 18.5 Å². The van der Waals surface area contributed by atoms with Crippen LogP contribution in [0.2, 0.25) is 0 Å². The molecule has 24 heavy (non-hydrogen) atoms. The van der Waals surface area contributed by atoms with Gasteiger partial charge >= 0.3 is 6.16 Å². The molecule has 1 aliphatic rings. The molecule has 0 bridgehead atoms. The van der Waals surface area contributed by atoms with Crippen LogP contribution in [0.3, 0.4) is 0 Å². The normalized spacial score (nSPS) is 19.9. The number of ketones is 1. The Bertz CT molecular complexity index is 743. The van der Waals surface area contributed by atoms with Crippen LogP contribution in [-0.4, -0.2) is 43.3 Å². The summed E-state index contributed by atoms with van der Waals surface area (Å²) in [6, 6.07) is 1.86. The molecule has 1 aliphatic carbocycles. The summed E-state index contributed by atoms with van der Waals surface area (Å²) in [5, 5.41) is 18.8. The molecule has 3 rings (SSSR count). The number of nitrogens with one attached hydrogen (secondary N) is 2. The predicted molar refractivity (Wildman–Crippen MR) is 83.4 cm³/mol. The minimum atomic E-state index is -1.24. The van der Waals surface area contributed by atoms with Crippen molar-refractivity contribution in [2.45, 2.75) is 38.2 Å². The van der Waals surface area contributed by atoms with E-state index in [2.05, 4.69) is 25.5 Å². The van der Waals surface area contributed by atoms with Crippen LogP contribution in [0.25, 0.3) is 0 Å². The molecule has 2 atom stereocenters. The van der Waals surface area contributed by atoms with Crippen molar-refractivity contribution >= 4 is 23.6 Å². The van der Waals surface area contributed by atoms with E-state index in [4.69, 9.17) is 9.84 Å². The first-order valence-electron chi connectivity index (χ1n) is 7.56. The third-order valence-corrected chi connectivity index (χ3v) is 3.96. The Morgan fingerprint density at radius 2 is 2.12 bits per heavy atom. The van der Waals surface area contributed by atoms with Gasteiger partial charge < -0.3 is 15.2 Å². The molecule has 0 aliphatic heterocycles. The van der Waals surface area contributed by atoms with E-state index >= 15 is 0 Å². The lowest BCUT2D eigenvalue weighted by Gasteiger charge is -2.08. The first-order valence-corrected chi connectivity index (χ1v) is 7.56. The number of anilines is 2. The Labute approximate surface area is 137 Å². The van der Waals surface area contributed by atoms with E-state index in [0.717, 1.165) is 12.1 Å². The quantitative estimate of drug-likeness (QED) is 0.562. The van der Waals surface area contributed by atoms with Gasteiger partial charge in [0.25, 0.3) is 0 Å². The minimum absolute atomic E-state index is 0.143. The number of rotatable bonds is 5. The van der Waals surface area contributed by atoms with E-state index in [-0.39, 0.29) is 17.8 Å². The summed E-state index contributed by atoms with van der Waals surface area (Å²) in [6.45, 7) is 1.43. The van der Waals surface area contributed by atoms with Crippen LogP contribution in [0.4, 0.5) is 16.4 Å². The lowest BCUT2D eigenvalue weighted by molar-refractivity contribution is 0.0540. The maximum absolute atomic E-state index is 11.2. The summed E-state index contributed by atoms with van der Waals surface area (Å²) < 4.78 is 4.82. The van der Waals surface area contributed by atoms with Crippen molar-refractivity contribution in [3.63, 3.8) is 0 Å². The zero-order chi connectivity index (χ0) is 17.1. The Morgan fingerprint density at radius 3 is 2.79 bits per heavy atom. The van der Waals surface area contributed by atoms with Crippen LogP contribution in [0.1, 0.15) is 48.3 Å². The number of aromatic amines is 1. The van der Waals surface area contributed by atoms with Crippen LogP contribution in [0, 0.1) is 0 Å². The topological polar surface area (TPSA) is 130 Å². The van der Waals surface area contributed by atoms with Crippen molar-refractivity contribution in [3.8, 4) is 0 Å². The van der Waals surface area contributed by atoms with E-state index < -0.39 is 6.16 Å². The van der Waals surface area contributed by atoms with E-state index in [9.17, 15) is 9.59 Å². The molecule has 2 aromatic rings. The molecule has 0 saturated heterocycles. The van der Waals surface area contributed by atoms with Gasteiger partial charge in [0.1, 0.15) is 17.6 Å². The fourth-order valence-electron chi connectivity index (χ4n) is 2.79. The zero-order valence-electron chi connectivity index (χ0n) is 13.0. The molecule has 3 N–H and O–H groups in total. The number of carbonyl (C=O) groups excluding carboxylic acids is 1. The molecule has 0 aromatic carbocycles. The van der Waals surface area contributed by atoms with Crippen molar-refractivity contribution in [1.29, 1.82) is 0 Å². The molecule has 0 radical (unpaired) electrons. The standard InChI is InChI=1S/C15H17N5O4/c1-8(21)12-6-17-14(7-16-12)18-13-5-11(19-20-13)9-2-3-10(4-9)24-15(22)23/h5-7,9-10H,2-4H2,1H3,(H,22,23)(H2,17,18,19,20)/t9-,10+/m0/s1. The number of carboxylic acid groups (broad SMARTS) is 1. The van der Waals surface area contributed by atoms with Gasteiger partial charge in [-0.3, -0.25) is 9.89 Å². The van der Waals surface area contributed by atoms with Gasteiger partial charge in [0, 0.05) is 24.6 Å². The van der Waals surface area contributed by atoms with Crippen molar-refractivity contribution in [2.24, 2.45) is 0 Å². The van der Waals surface area contributed by atoms with Gasteiger partial charge in [-0.15, -0.1) is 0 Å². The lowest BCUT2D eigenvalue weighted by atomic mass is 10.0. The SMILES string of the molecule is CC(=O)c1cnc(Nc2cc([C@H]3CC[C@@H](OC(=O)O)C3)[nH]n2)cn1. The Kier molecular flexibility index (Phi) is 4.41. The maximum atomic E-state index is 11.2. The maximum Gasteiger partial charge on any atom is 0.506 e. The number of ether oxygens (including phenoxy) is 1. The third-order valence-electron chi connectivity index (χ3n) is 3.96. The van der Waals surface area contributed by atoms with Crippen molar-refractivity contribution in [3.05, 3.63) is 29.8 Å². The lowest BCUT2D eigenvalue weighted by Crippen LogP contribution is -2.12. The highest BCUT2D eigenvalue weighted by Gasteiger charge is 2.29. The molecular weight excluding hydrogens is 314 g/mol. The fraction of sp³-hybridized carbons (Fsp3) is 0.400. The van der Waals surface area contributed by atoms with Gasteiger partial charge in [0.2, 0.25) is 0 Å². The van der Waals surface area contributed by atoms with E-state index in [1.54, 1.807) is 0 Å². The molecule has 0 amide bonds. The minimum Gasteiger partial charge on any atom is -0.450 e. The zero-order valence-corrected chi connectivity index (χ0v) is 13.0. The highest BCUT2D eigenvalue weighted by atomic mass is 16.7. The van der Waals surface area contributed by atoms with Crippen LogP contribution < -0.4 is 5.32 Å². The largest absolute Gasteiger partial charge is 0.506 e. The summed E-state index contributed by atoms with van der Waals surface area (Å²) in [5.74, 6) is 1.10. The van der Waals surface area contributed by atoms with Crippen molar-refractivity contribution in [2.75, 3.05) is 5.32 Å². The molecule has 126 valence electrons. The Morgan fingerprint density at radius 1 is 1.29 bits per heavy atom. The van der Waals surface area contributed by atoms with E-state index in [0.29, 0.717) is 30.2 Å². The van der Waals surface area contributed by atoms with Crippen LogP contribution in [0.5, 0.6) is 0 Å². The van der Waals surface area contributed by atoms with E-state index in [1.807, 2.05) is 6.07 Å². The highest BCUT2D eigenvalue weighted by molar-refractivity contribution is 5.91. The number of aromatic nitrogens is 4. The van der Waals surface area contributed by atoms with Gasteiger partial charge in [0.15, 0.2) is 11.6 Å². The summed E-state index contributed by atoms with van der Waals surface area (Å²) in [5.41, 5.74) is 1.22. The second-order valence-electron chi connectivity index (χ2n) is 5.69. The first kappa shape index (κ1) is 15.9. The molecule has 2 aromatic heterocycles. The molecule has 2 heterocycles. The number of hydrogen-bond donors (Lipinski definition) is 3. The molecule has 1 saturated carbocycles. The fourth-order valence-corrected chi connectivity index (χ4v) is 2.79. The number of nitrogens with zero attached hydrogens (tertiary/aromatic N) is 3. The van der Waals surface area contributed by atoms with Crippen LogP contribution in [-0.2, 0) is 4.74 Å². The molecule has 9 nitrogen and oxygen atoms in total. The average Bonchev–Trinajstić information content (AvgIpc) is 3.16. The first-order chi connectivity index (χ1) is 11.5. The smallest absolute Gasteiger partial charge is 0.450 e. The molecule has 0 unspecified atom stereocenters. The second-order valence-corrected chi connectivity index (χ2v) is 5.69. The molecule has 0 spiro atoms. The Balaban J connectivity index is 1.61. The number of H-pyrrole nitrogens is 1. The van der Waals surface area contributed by atoms with Gasteiger partial charge in [-0.2, -0.15) is 5.10 Å². The summed E-state index contributed by atoms with van der Waals surface area (Å²) in [7, 11) is 0. The summed E-state index contributed by atoms with van der Waals surface area (Å²) >= 11 is 0. The molecule has 9 heteroatoms. The monoisotopic (exact) mass is 331 g/mol. The van der Waals surface area contributed by atoms with Gasteiger partial charge in [-0.1, -0.05) is 0 Å². The summed E-state index contributed by atoms with van der Waals surface area (Å²) in [4.78, 5) is 29.9. The van der Waals surface area contributed by atoms with Crippen LogP contribution >= 0.6 is 0 Å². The average molecular weight is 331 g/mol. The van der Waals surface area contributed by atoms with Crippen molar-refractivity contribution < 1.29 is 19.4 Å². The van der Waals surface area contributed by atoms with Crippen molar-refractivity contribution in [1.82, 2.24) is 20.2 Å². The molecular formula is C15H17N5O4. The second kappa shape index (κ2) is 6.65. The predicted octanol–water partition coefficient (Wildman–Crippen LogP) is 2.48. The Hall–Kier alpha value is -2.97. The number of hydrogen-bond acceptors (Lipinski definition) is 7. The van der Waals surface area contributed by atoms with Gasteiger partial charge in [0.05, 0.1) is 12.4 Å². The van der Waals surface area contributed by atoms with E-state index in [1.165, 1.54) is 19.3 Å².